The fourth-order valence-electron chi connectivity index (χ4n) is 0.891. The summed E-state index contributed by atoms with van der Waals surface area (Å²) < 4.78 is 0. The van der Waals surface area contributed by atoms with E-state index in [1.54, 1.807) is 0 Å². The number of aryl methyl sites for hydroxylation is 1. The summed E-state index contributed by atoms with van der Waals surface area (Å²) in [6.45, 7) is 11.0. The minimum atomic E-state index is 0.634. The van der Waals surface area contributed by atoms with Crippen molar-refractivity contribution < 1.29 is 0 Å². The van der Waals surface area contributed by atoms with Crippen molar-refractivity contribution in [1.29, 1.82) is 0 Å². The summed E-state index contributed by atoms with van der Waals surface area (Å²) in [6.07, 6.45) is 0. The molecule has 0 atom stereocenters. The van der Waals surface area contributed by atoms with Gasteiger partial charge >= 0.3 is 0 Å². The zero-order valence-electron chi connectivity index (χ0n) is 6.81. The second-order valence-electron chi connectivity index (χ2n) is 2.46. The fourth-order valence-corrected chi connectivity index (χ4v) is 0.891. The summed E-state index contributed by atoms with van der Waals surface area (Å²) in [4.78, 5) is 10.9. The minimum absolute atomic E-state index is 0.634. The van der Waals surface area contributed by atoms with E-state index in [9.17, 15) is 0 Å². The first kappa shape index (κ1) is 7.72. The smallest absolute Gasteiger partial charge is 0.177 e. The Balaban J connectivity index is 3.22. The molecule has 1 aromatic rings. The number of rotatable bonds is 2. The van der Waals surface area contributed by atoms with Crippen LogP contribution in [0.4, 0.5) is 5.82 Å². The summed E-state index contributed by atoms with van der Waals surface area (Å²) in [5, 5.41) is 0. The minimum Gasteiger partial charge on any atom is -0.341 e. The summed E-state index contributed by atoms with van der Waals surface area (Å²) in [7, 11) is 0. The van der Waals surface area contributed by atoms with Gasteiger partial charge in [0, 0.05) is 0 Å². The molecule has 3 heteroatoms. The first-order valence-electron chi connectivity index (χ1n) is 3.34. The summed E-state index contributed by atoms with van der Waals surface area (Å²) in [5.74, 6) is 1.47. The van der Waals surface area contributed by atoms with Crippen molar-refractivity contribution in [3.63, 3.8) is 0 Å². The Morgan fingerprint density at radius 2 is 2.27 bits per heavy atom. The average molecular weight is 149 g/mol. The highest BCUT2D eigenvalue weighted by Gasteiger charge is 2.05. The monoisotopic (exact) mass is 149 g/mol. The van der Waals surface area contributed by atoms with E-state index >= 15 is 0 Å². The average Bonchev–Trinajstić information content (AvgIpc) is 2.30. The van der Waals surface area contributed by atoms with Gasteiger partial charge in [-0.05, 0) is 26.1 Å². The molecular formula is C8H11N3. The van der Waals surface area contributed by atoms with E-state index in [1.165, 1.54) is 0 Å². The van der Waals surface area contributed by atoms with Crippen LogP contribution in [-0.2, 0) is 0 Å². The zero-order chi connectivity index (χ0) is 8.43. The molecular weight excluding hydrogens is 138 g/mol. The molecule has 3 nitrogen and oxygen atoms in total. The standard InChI is InChI=1S/C8H11N3/c1-5(2)7-8(9-4)11-6(3)10-7/h1,4H2,2-3H3,(H,10,11). The molecule has 1 aromatic heterocycles. The van der Waals surface area contributed by atoms with Crippen LogP contribution < -0.4 is 0 Å². The number of nitrogens with zero attached hydrogens (tertiary/aromatic N) is 2. The highest BCUT2D eigenvalue weighted by Crippen LogP contribution is 2.21. The van der Waals surface area contributed by atoms with E-state index in [-0.39, 0.29) is 0 Å². The van der Waals surface area contributed by atoms with E-state index in [0.29, 0.717) is 5.82 Å². The van der Waals surface area contributed by atoms with Gasteiger partial charge in [-0.15, -0.1) is 0 Å². The highest BCUT2D eigenvalue weighted by molar-refractivity contribution is 5.67. The molecule has 0 aliphatic carbocycles. The van der Waals surface area contributed by atoms with Gasteiger partial charge in [0.05, 0.1) is 5.69 Å². The van der Waals surface area contributed by atoms with Gasteiger partial charge < -0.3 is 4.98 Å². The third-order valence-electron chi connectivity index (χ3n) is 1.38. The number of aromatic amines is 1. The molecule has 0 fully saturated rings. The molecule has 0 aliphatic heterocycles. The Labute approximate surface area is 65.9 Å². The third-order valence-corrected chi connectivity index (χ3v) is 1.38. The quantitative estimate of drug-likeness (QED) is 0.642. The van der Waals surface area contributed by atoms with E-state index in [1.807, 2.05) is 13.8 Å². The van der Waals surface area contributed by atoms with Crippen molar-refractivity contribution in [1.82, 2.24) is 9.97 Å². The number of H-pyrrole nitrogens is 1. The first-order valence-corrected chi connectivity index (χ1v) is 3.34. The molecule has 1 N–H and O–H groups in total. The lowest BCUT2D eigenvalue weighted by atomic mass is 10.2. The molecule has 0 radical (unpaired) electrons. The van der Waals surface area contributed by atoms with E-state index < -0.39 is 0 Å². The largest absolute Gasteiger partial charge is 0.341 e. The lowest BCUT2D eigenvalue weighted by molar-refractivity contribution is 1.14. The van der Waals surface area contributed by atoms with Crippen LogP contribution in [0.25, 0.3) is 5.57 Å². The molecule has 0 unspecified atom stereocenters. The van der Waals surface area contributed by atoms with Crippen LogP contribution in [0, 0.1) is 6.92 Å². The van der Waals surface area contributed by atoms with Crippen LogP contribution >= 0.6 is 0 Å². The molecule has 0 amide bonds. The van der Waals surface area contributed by atoms with Crippen molar-refractivity contribution in [3.05, 3.63) is 18.1 Å². The maximum absolute atomic E-state index is 4.10. The number of hydrogen-bond acceptors (Lipinski definition) is 2. The Morgan fingerprint density at radius 1 is 1.64 bits per heavy atom. The van der Waals surface area contributed by atoms with Crippen molar-refractivity contribution in [3.8, 4) is 0 Å². The number of aromatic nitrogens is 2. The number of imidazole rings is 1. The van der Waals surface area contributed by atoms with Crippen LogP contribution in [0.3, 0.4) is 0 Å². The van der Waals surface area contributed by atoms with Crippen LogP contribution in [0.1, 0.15) is 18.4 Å². The van der Waals surface area contributed by atoms with Crippen LogP contribution in [0.5, 0.6) is 0 Å². The van der Waals surface area contributed by atoms with Crippen LogP contribution in [0.2, 0.25) is 0 Å². The van der Waals surface area contributed by atoms with Crippen molar-refractivity contribution >= 4 is 18.1 Å². The molecule has 1 rings (SSSR count). The third kappa shape index (κ3) is 1.37. The molecule has 1 heterocycles. The maximum Gasteiger partial charge on any atom is 0.177 e. The molecule has 0 saturated heterocycles. The second kappa shape index (κ2) is 2.70. The van der Waals surface area contributed by atoms with Gasteiger partial charge in [0.1, 0.15) is 5.82 Å². The molecule has 0 saturated carbocycles. The Bertz CT molecular complexity index is 296. The number of hydrogen-bond donors (Lipinski definition) is 1. The van der Waals surface area contributed by atoms with Crippen LogP contribution in [-0.4, -0.2) is 16.7 Å². The molecule has 11 heavy (non-hydrogen) atoms. The van der Waals surface area contributed by atoms with Gasteiger partial charge in [0.2, 0.25) is 0 Å². The normalized spacial score (nSPS) is 9.64. The van der Waals surface area contributed by atoms with Gasteiger partial charge in [0.25, 0.3) is 0 Å². The summed E-state index contributed by atoms with van der Waals surface area (Å²) in [5.41, 5.74) is 1.80. The van der Waals surface area contributed by atoms with Gasteiger partial charge in [-0.1, -0.05) is 6.58 Å². The lowest BCUT2D eigenvalue weighted by Gasteiger charge is -1.93. The van der Waals surface area contributed by atoms with E-state index in [0.717, 1.165) is 17.1 Å². The number of aliphatic imine (C=N–C) groups is 1. The second-order valence-corrected chi connectivity index (χ2v) is 2.46. The van der Waals surface area contributed by atoms with E-state index in [4.69, 9.17) is 0 Å². The van der Waals surface area contributed by atoms with Gasteiger partial charge in [-0.25, -0.2) is 9.98 Å². The summed E-state index contributed by atoms with van der Waals surface area (Å²) in [6, 6.07) is 0. The topological polar surface area (TPSA) is 41.0 Å². The van der Waals surface area contributed by atoms with Gasteiger partial charge in [-0.2, -0.15) is 0 Å². The zero-order valence-corrected chi connectivity index (χ0v) is 6.81. The van der Waals surface area contributed by atoms with Crippen LogP contribution in [0.15, 0.2) is 11.6 Å². The van der Waals surface area contributed by atoms with Gasteiger partial charge in [-0.3, -0.25) is 0 Å². The molecule has 58 valence electrons. The number of allylic oxidation sites excluding steroid dienone is 1. The maximum atomic E-state index is 4.10. The van der Waals surface area contributed by atoms with Crippen molar-refractivity contribution in [2.24, 2.45) is 4.99 Å². The lowest BCUT2D eigenvalue weighted by Crippen LogP contribution is -1.77. The Hall–Kier alpha value is -1.38. The highest BCUT2D eigenvalue weighted by atomic mass is 15.0. The Morgan fingerprint density at radius 3 is 2.64 bits per heavy atom. The Kier molecular flexibility index (Phi) is 1.89. The SMILES string of the molecule is C=Nc1nc(C)[nH]c1C(=C)C. The van der Waals surface area contributed by atoms with E-state index in [2.05, 4.69) is 28.3 Å². The van der Waals surface area contributed by atoms with Gasteiger partial charge in [0.15, 0.2) is 5.82 Å². The first-order chi connectivity index (χ1) is 5.15. The summed E-state index contributed by atoms with van der Waals surface area (Å²) >= 11 is 0. The predicted octanol–water partition coefficient (Wildman–Crippen LogP) is 2.08. The molecule has 0 bridgehead atoms. The number of nitrogens with one attached hydrogen (secondary N) is 1. The molecule has 0 aliphatic rings. The van der Waals surface area contributed by atoms with Crippen molar-refractivity contribution in [2.45, 2.75) is 13.8 Å². The molecule has 0 spiro atoms. The van der Waals surface area contributed by atoms with Crippen molar-refractivity contribution in [2.75, 3.05) is 0 Å². The predicted molar refractivity (Wildman–Crippen MR) is 47.2 cm³/mol. The molecule has 0 aromatic carbocycles. The fraction of sp³-hybridized carbons (Fsp3) is 0.250.